The van der Waals surface area contributed by atoms with E-state index in [1.54, 1.807) is 18.2 Å². The number of hydrogen-bond donors (Lipinski definition) is 0. The van der Waals surface area contributed by atoms with Crippen molar-refractivity contribution in [2.45, 2.75) is 84.0 Å². The highest BCUT2D eigenvalue weighted by Crippen LogP contribution is 2.39. The minimum absolute atomic E-state index is 0.126. The highest BCUT2D eigenvalue weighted by atomic mass is 19.2. The topological polar surface area (TPSA) is 9.23 Å². The number of ether oxygens (including phenoxy) is 1. The van der Waals surface area contributed by atoms with Gasteiger partial charge in [-0.25, -0.2) is 13.2 Å². The molecule has 0 radical (unpaired) electrons. The summed E-state index contributed by atoms with van der Waals surface area (Å²) in [6.45, 7) is 4.57. The van der Waals surface area contributed by atoms with Gasteiger partial charge >= 0.3 is 0 Å². The van der Waals surface area contributed by atoms with Crippen LogP contribution in [0.3, 0.4) is 0 Å². The summed E-state index contributed by atoms with van der Waals surface area (Å²) < 4.78 is 49.9. The van der Waals surface area contributed by atoms with Gasteiger partial charge in [-0.1, -0.05) is 69.0 Å². The van der Waals surface area contributed by atoms with E-state index in [-0.39, 0.29) is 11.7 Å². The first-order valence-electron chi connectivity index (χ1n) is 14.0. The molecule has 4 rings (SSSR count). The van der Waals surface area contributed by atoms with Gasteiger partial charge in [0.1, 0.15) is 11.6 Å². The van der Waals surface area contributed by atoms with Gasteiger partial charge < -0.3 is 4.74 Å². The zero-order valence-corrected chi connectivity index (χ0v) is 22.2. The lowest BCUT2D eigenvalue weighted by molar-refractivity contribution is 0.297. The van der Waals surface area contributed by atoms with Crippen molar-refractivity contribution in [1.82, 2.24) is 0 Å². The molecule has 3 aromatic rings. The second kappa shape index (κ2) is 13.2. The predicted octanol–water partition coefficient (Wildman–Crippen LogP) is 9.81. The summed E-state index contributed by atoms with van der Waals surface area (Å²) in [5, 5.41) is 0. The summed E-state index contributed by atoms with van der Waals surface area (Å²) in [6.07, 6.45) is 10.2. The Morgan fingerprint density at radius 2 is 1.54 bits per heavy atom. The van der Waals surface area contributed by atoms with Crippen molar-refractivity contribution in [3.63, 3.8) is 0 Å². The molecule has 0 saturated heterocycles. The van der Waals surface area contributed by atoms with Gasteiger partial charge in [0.15, 0.2) is 11.6 Å². The fraction of sp³-hybridized carbons (Fsp3) is 0.455. The number of unbranched alkanes of at least 4 members (excludes halogenated alkanes) is 2. The van der Waals surface area contributed by atoms with Gasteiger partial charge in [0.05, 0.1) is 6.61 Å². The average molecular weight is 509 g/mol. The van der Waals surface area contributed by atoms with Crippen molar-refractivity contribution in [2.75, 3.05) is 6.61 Å². The van der Waals surface area contributed by atoms with Gasteiger partial charge in [0.25, 0.3) is 0 Å². The van der Waals surface area contributed by atoms with Crippen LogP contribution in [0.4, 0.5) is 13.2 Å². The van der Waals surface area contributed by atoms with Crippen molar-refractivity contribution < 1.29 is 17.9 Å². The van der Waals surface area contributed by atoms with Gasteiger partial charge in [-0.15, -0.1) is 0 Å². The maximum atomic E-state index is 15.1. The molecule has 0 aliphatic heterocycles. The fourth-order valence-corrected chi connectivity index (χ4v) is 5.67. The maximum absolute atomic E-state index is 15.1. The van der Waals surface area contributed by atoms with E-state index in [1.807, 2.05) is 37.3 Å². The summed E-state index contributed by atoms with van der Waals surface area (Å²) in [5.41, 5.74) is 3.24. The van der Waals surface area contributed by atoms with Gasteiger partial charge in [0.2, 0.25) is 0 Å². The summed E-state index contributed by atoms with van der Waals surface area (Å²) in [6, 6.07) is 16.0. The standard InChI is InChI=1S/C33H39F3O/c1-3-5-6-7-23-8-15-26(16-9-23)30-20-18-27(32(35)33(30)36)17-12-24-10-13-25(14-11-24)29-21-19-28(37-4-2)22-31(29)34/h10-11,13-14,18-23,26H,3-9,12,15-17H2,1-2H3. The molecule has 0 heterocycles. The molecule has 0 spiro atoms. The van der Waals surface area contributed by atoms with E-state index in [0.717, 1.165) is 42.7 Å². The average Bonchev–Trinajstić information content (AvgIpc) is 2.91. The minimum Gasteiger partial charge on any atom is -0.494 e. The second-order valence-electron chi connectivity index (χ2n) is 10.4. The largest absolute Gasteiger partial charge is 0.494 e. The molecule has 37 heavy (non-hydrogen) atoms. The first-order valence-corrected chi connectivity index (χ1v) is 14.0. The normalized spacial score (nSPS) is 17.6. The van der Waals surface area contributed by atoms with Crippen LogP contribution in [0.1, 0.15) is 87.8 Å². The first kappa shape index (κ1) is 27.3. The molecule has 3 aromatic carbocycles. The van der Waals surface area contributed by atoms with Crippen LogP contribution in [0.5, 0.6) is 5.75 Å². The van der Waals surface area contributed by atoms with E-state index in [1.165, 1.54) is 31.7 Å². The Morgan fingerprint density at radius 3 is 2.22 bits per heavy atom. The number of halogens is 3. The predicted molar refractivity (Wildman–Crippen MR) is 146 cm³/mol. The third-order valence-corrected chi connectivity index (χ3v) is 7.89. The second-order valence-corrected chi connectivity index (χ2v) is 10.4. The lowest BCUT2D eigenvalue weighted by Gasteiger charge is -2.29. The first-order chi connectivity index (χ1) is 18.0. The SMILES string of the molecule is CCCCCC1CCC(c2ccc(CCc3ccc(-c4ccc(OCC)cc4F)cc3)c(F)c2F)CC1. The molecule has 1 aliphatic rings. The molecule has 1 fully saturated rings. The minimum atomic E-state index is -0.698. The Kier molecular flexibility index (Phi) is 9.71. The van der Waals surface area contributed by atoms with E-state index >= 15 is 4.39 Å². The van der Waals surface area contributed by atoms with Crippen molar-refractivity contribution >= 4 is 0 Å². The smallest absolute Gasteiger partial charge is 0.162 e. The third kappa shape index (κ3) is 6.97. The molecule has 0 aromatic heterocycles. The van der Waals surface area contributed by atoms with Crippen LogP contribution < -0.4 is 4.74 Å². The number of benzene rings is 3. The van der Waals surface area contributed by atoms with Crippen LogP contribution in [-0.2, 0) is 12.8 Å². The van der Waals surface area contributed by atoms with E-state index in [4.69, 9.17) is 4.74 Å². The van der Waals surface area contributed by atoms with Gasteiger partial charge in [0, 0.05) is 11.6 Å². The quantitative estimate of drug-likeness (QED) is 0.234. The molecule has 0 unspecified atom stereocenters. The maximum Gasteiger partial charge on any atom is 0.162 e. The molecule has 1 saturated carbocycles. The lowest BCUT2D eigenvalue weighted by Crippen LogP contribution is -2.15. The van der Waals surface area contributed by atoms with Gasteiger partial charge in [-0.3, -0.25) is 0 Å². The molecular formula is C33H39F3O. The molecule has 198 valence electrons. The van der Waals surface area contributed by atoms with E-state index in [0.29, 0.717) is 41.9 Å². The van der Waals surface area contributed by atoms with E-state index in [2.05, 4.69) is 6.92 Å². The van der Waals surface area contributed by atoms with Crippen molar-refractivity contribution in [3.05, 3.63) is 88.7 Å². The monoisotopic (exact) mass is 508 g/mol. The molecule has 0 bridgehead atoms. The van der Waals surface area contributed by atoms with Crippen LogP contribution in [0.2, 0.25) is 0 Å². The molecular weight excluding hydrogens is 469 g/mol. The molecule has 0 N–H and O–H groups in total. The van der Waals surface area contributed by atoms with Crippen LogP contribution >= 0.6 is 0 Å². The number of hydrogen-bond acceptors (Lipinski definition) is 1. The van der Waals surface area contributed by atoms with E-state index in [9.17, 15) is 8.78 Å². The fourth-order valence-electron chi connectivity index (χ4n) is 5.67. The Bertz CT molecular complexity index is 1150. The highest BCUT2D eigenvalue weighted by molar-refractivity contribution is 5.65. The molecule has 1 aliphatic carbocycles. The number of aryl methyl sites for hydroxylation is 2. The van der Waals surface area contributed by atoms with Gasteiger partial charge in [-0.05, 0) is 91.7 Å². The van der Waals surface area contributed by atoms with Crippen LogP contribution in [-0.4, -0.2) is 6.61 Å². The van der Waals surface area contributed by atoms with Crippen LogP contribution in [0, 0.1) is 23.4 Å². The zero-order valence-electron chi connectivity index (χ0n) is 22.2. The number of rotatable bonds is 11. The Morgan fingerprint density at radius 1 is 0.784 bits per heavy atom. The van der Waals surface area contributed by atoms with Crippen LogP contribution in [0.15, 0.2) is 54.6 Å². The van der Waals surface area contributed by atoms with Gasteiger partial charge in [-0.2, -0.15) is 0 Å². The summed E-state index contributed by atoms with van der Waals surface area (Å²) in [4.78, 5) is 0. The molecule has 0 amide bonds. The van der Waals surface area contributed by atoms with E-state index < -0.39 is 11.6 Å². The summed E-state index contributed by atoms with van der Waals surface area (Å²) >= 11 is 0. The highest BCUT2D eigenvalue weighted by Gasteiger charge is 2.26. The lowest BCUT2D eigenvalue weighted by atomic mass is 9.76. The summed E-state index contributed by atoms with van der Waals surface area (Å²) in [5.74, 6) is -0.310. The van der Waals surface area contributed by atoms with Crippen LogP contribution in [0.25, 0.3) is 11.1 Å². The van der Waals surface area contributed by atoms with Crippen molar-refractivity contribution in [2.24, 2.45) is 5.92 Å². The Labute approximate surface area is 220 Å². The van der Waals surface area contributed by atoms with Crippen molar-refractivity contribution in [1.29, 1.82) is 0 Å². The molecule has 1 nitrogen and oxygen atoms in total. The zero-order chi connectivity index (χ0) is 26.2. The Hall–Kier alpha value is -2.75. The third-order valence-electron chi connectivity index (χ3n) is 7.89. The van der Waals surface area contributed by atoms with Crippen molar-refractivity contribution in [3.8, 4) is 16.9 Å². The summed E-state index contributed by atoms with van der Waals surface area (Å²) in [7, 11) is 0. The Balaban J connectivity index is 1.35. The molecule has 0 atom stereocenters. The molecule has 4 heteroatoms.